The van der Waals surface area contributed by atoms with Crippen LogP contribution in [0, 0.1) is 0 Å². The van der Waals surface area contributed by atoms with Gasteiger partial charge in [0.2, 0.25) is 0 Å². The molecule has 116 valence electrons. The number of ketones is 1. The highest BCUT2D eigenvalue weighted by atomic mass is 16.5. The molecule has 0 N–H and O–H groups in total. The minimum atomic E-state index is -0.391. The molecule has 3 rings (SSSR count). The molecule has 0 fully saturated rings. The number of rotatable bonds is 4. The molecule has 0 aliphatic heterocycles. The first-order chi connectivity index (χ1) is 11.1. The third-order valence-corrected chi connectivity index (χ3v) is 3.59. The van der Waals surface area contributed by atoms with E-state index in [1.807, 2.05) is 31.2 Å². The van der Waals surface area contributed by atoms with E-state index in [0.717, 1.165) is 5.39 Å². The largest absolute Gasteiger partial charge is 0.460 e. The second kappa shape index (κ2) is 6.08. The van der Waals surface area contributed by atoms with Gasteiger partial charge in [0.05, 0.1) is 5.56 Å². The van der Waals surface area contributed by atoms with Crippen LogP contribution in [-0.2, 0) is 11.2 Å². The summed E-state index contributed by atoms with van der Waals surface area (Å²) in [5.41, 5.74) is 1.84. The van der Waals surface area contributed by atoms with Gasteiger partial charge in [-0.05, 0) is 30.3 Å². The number of fused-ring (bicyclic) bond motifs is 1. The van der Waals surface area contributed by atoms with Crippen molar-refractivity contribution in [2.45, 2.75) is 20.3 Å². The molecular formula is C19H16O4. The predicted molar refractivity (Wildman–Crippen MR) is 86.8 cm³/mol. The van der Waals surface area contributed by atoms with Crippen LogP contribution in [0.3, 0.4) is 0 Å². The Kier molecular flexibility index (Phi) is 3.98. The van der Waals surface area contributed by atoms with Crippen molar-refractivity contribution < 1.29 is 18.7 Å². The van der Waals surface area contributed by atoms with Gasteiger partial charge in [-0.2, -0.15) is 0 Å². The number of carbonyl (C=O) groups excluding carboxylic acids is 2. The number of aryl methyl sites for hydroxylation is 1. The monoisotopic (exact) mass is 308 g/mol. The first-order valence-corrected chi connectivity index (χ1v) is 7.43. The summed E-state index contributed by atoms with van der Waals surface area (Å²) in [5, 5.41) is 0.818. The quantitative estimate of drug-likeness (QED) is 0.413. The number of furan rings is 1. The molecule has 1 heterocycles. The van der Waals surface area contributed by atoms with Crippen molar-refractivity contribution in [3.05, 3.63) is 65.4 Å². The van der Waals surface area contributed by atoms with E-state index in [1.165, 1.54) is 6.92 Å². The Morgan fingerprint density at radius 1 is 1.04 bits per heavy atom. The average molecular weight is 308 g/mol. The fourth-order valence-electron chi connectivity index (χ4n) is 2.58. The fraction of sp³-hybridized carbons (Fsp3) is 0.158. The number of para-hydroxylation sites is 1. The first kappa shape index (κ1) is 15.0. The molecule has 0 saturated carbocycles. The zero-order valence-corrected chi connectivity index (χ0v) is 13.0. The van der Waals surface area contributed by atoms with E-state index in [2.05, 4.69) is 0 Å². The van der Waals surface area contributed by atoms with Crippen molar-refractivity contribution in [3.8, 4) is 5.75 Å². The summed E-state index contributed by atoms with van der Waals surface area (Å²) in [6, 6.07) is 14.0. The van der Waals surface area contributed by atoms with E-state index >= 15 is 0 Å². The number of esters is 1. The van der Waals surface area contributed by atoms with E-state index in [1.54, 1.807) is 24.3 Å². The molecule has 1 aromatic heterocycles. The van der Waals surface area contributed by atoms with E-state index in [9.17, 15) is 9.59 Å². The highest BCUT2D eigenvalue weighted by molar-refractivity contribution is 6.16. The summed E-state index contributed by atoms with van der Waals surface area (Å²) in [6.07, 6.45) is 0.640. The summed E-state index contributed by atoms with van der Waals surface area (Å²) < 4.78 is 10.8. The lowest BCUT2D eigenvalue weighted by Gasteiger charge is -2.04. The average Bonchev–Trinajstić information content (AvgIpc) is 2.93. The molecule has 0 spiro atoms. The molecule has 23 heavy (non-hydrogen) atoms. The van der Waals surface area contributed by atoms with Crippen molar-refractivity contribution in [3.63, 3.8) is 0 Å². The molecule has 0 aliphatic carbocycles. The molecule has 0 unspecified atom stereocenters. The van der Waals surface area contributed by atoms with Gasteiger partial charge in [0, 0.05) is 24.3 Å². The Morgan fingerprint density at radius 3 is 2.39 bits per heavy atom. The molecular weight excluding hydrogens is 292 g/mol. The predicted octanol–water partition coefficient (Wildman–Crippen LogP) is 4.15. The van der Waals surface area contributed by atoms with Crippen molar-refractivity contribution in [2.24, 2.45) is 0 Å². The van der Waals surface area contributed by atoms with Gasteiger partial charge in [0.1, 0.15) is 17.1 Å². The lowest BCUT2D eigenvalue weighted by Crippen LogP contribution is -2.05. The first-order valence-electron chi connectivity index (χ1n) is 7.43. The number of benzene rings is 2. The number of carbonyl (C=O) groups is 2. The number of hydrogen-bond acceptors (Lipinski definition) is 4. The molecule has 2 aromatic carbocycles. The van der Waals surface area contributed by atoms with Gasteiger partial charge in [-0.3, -0.25) is 9.59 Å². The van der Waals surface area contributed by atoms with Gasteiger partial charge in [-0.1, -0.05) is 25.1 Å². The molecule has 0 aliphatic rings. The van der Waals surface area contributed by atoms with Crippen molar-refractivity contribution in [1.82, 2.24) is 0 Å². The lowest BCUT2D eigenvalue weighted by molar-refractivity contribution is -0.131. The van der Waals surface area contributed by atoms with Gasteiger partial charge in [-0.25, -0.2) is 0 Å². The standard InChI is InChI=1S/C19H16O4/c1-3-16-18(15-6-4-5-7-17(15)23-16)19(21)13-8-10-14(11-9-13)22-12(2)20/h4-11H,3H2,1-2H3. The van der Waals surface area contributed by atoms with Crippen molar-refractivity contribution in [1.29, 1.82) is 0 Å². The highest BCUT2D eigenvalue weighted by Crippen LogP contribution is 2.29. The van der Waals surface area contributed by atoms with Crippen LogP contribution in [0.2, 0.25) is 0 Å². The SMILES string of the molecule is CCc1oc2ccccc2c1C(=O)c1ccc(OC(C)=O)cc1. The molecule has 0 saturated heterocycles. The maximum absolute atomic E-state index is 12.9. The Morgan fingerprint density at radius 2 is 1.74 bits per heavy atom. The number of hydrogen-bond donors (Lipinski definition) is 0. The van der Waals surface area contributed by atoms with Crippen LogP contribution in [0.5, 0.6) is 5.75 Å². The normalized spacial score (nSPS) is 10.7. The second-order valence-corrected chi connectivity index (χ2v) is 5.20. The van der Waals surface area contributed by atoms with Gasteiger partial charge in [0.25, 0.3) is 0 Å². The van der Waals surface area contributed by atoms with Gasteiger partial charge in [0.15, 0.2) is 5.78 Å². The third-order valence-electron chi connectivity index (χ3n) is 3.59. The zero-order chi connectivity index (χ0) is 16.4. The van der Waals surface area contributed by atoms with Crippen LogP contribution >= 0.6 is 0 Å². The molecule has 0 amide bonds. The van der Waals surface area contributed by atoms with Crippen LogP contribution in [0.4, 0.5) is 0 Å². The van der Waals surface area contributed by atoms with E-state index < -0.39 is 5.97 Å². The van der Waals surface area contributed by atoms with Gasteiger partial charge < -0.3 is 9.15 Å². The smallest absolute Gasteiger partial charge is 0.308 e. The Hall–Kier alpha value is -2.88. The molecule has 4 nitrogen and oxygen atoms in total. The second-order valence-electron chi connectivity index (χ2n) is 5.20. The molecule has 0 atom stereocenters. The topological polar surface area (TPSA) is 56.5 Å². The minimum Gasteiger partial charge on any atom is -0.460 e. The fourth-order valence-corrected chi connectivity index (χ4v) is 2.58. The van der Waals surface area contributed by atoms with Crippen LogP contribution in [0.15, 0.2) is 52.9 Å². The molecule has 3 aromatic rings. The zero-order valence-electron chi connectivity index (χ0n) is 13.0. The van der Waals surface area contributed by atoms with Crippen LogP contribution in [-0.4, -0.2) is 11.8 Å². The molecule has 0 bridgehead atoms. The Balaban J connectivity index is 2.01. The Bertz CT molecular complexity index is 872. The number of ether oxygens (including phenoxy) is 1. The van der Waals surface area contributed by atoms with E-state index in [4.69, 9.17) is 9.15 Å². The van der Waals surface area contributed by atoms with E-state index in [-0.39, 0.29) is 5.78 Å². The third kappa shape index (κ3) is 2.88. The van der Waals surface area contributed by atoms with E-state index in [0.29, 0.717) is 34.6 Å². The molecule has 0 radical (unpaired) electrons. The maximum atomic E-state index is 12.9. The van der Waals surface area contributed by atoms with Crippen molar-refractivity contribution >= 4 is 22.7 Å². The van der Waals surface area contributed by atoms with Gasteiger partial charge >= 0.3 is 5.97 Å². The maximum Gasteiger partial charge on any atom is 0.308 e. The highest BCUT2D eigenvalue weighted by Gasteiger charge is 2.20. The summed E-state index contributed by atoms with van der Waals surface area (Å²) in [7, 11) is 0. The summed E-state index contributed by atoms with van der Waals surface area (Å²) in [4.78, 5) is 23.8. The van der Waals surface area contributed by atoms with Crippen LogP contribution in [0.1, 0.15) is 35.5 Å². The minimum absolute atomic E-state index is 0.0961. The summed E-state index contributed by atoms with van der Waals surface area (Å²) in [5.74, 6) is 0.612. The van der Waals surface area contributed by atoms with Gasteiger partial charge in [-0.15, -0.1) is 0 Å². The van der Waals surface area contributed by atoms with Crippen LogP contribution in [0.25, 0.3) is 11.0 Å². The summed E-state index contributed by atoms with van der Waals surface area (Å²) in [6.45, 7) is 3.29. The van der Waals surface area contributed by atoms with Crippen molar-refractivity contribution in [2.75, 3.05) is 0 Å². The summed E-state index contributed by atoms with van der Waals surface area (Å²) >= 11 is 0. The Labute approximate surface area is 133 Å². The lowest BCUT2D eigenvalue weighted by atomic mass is 9.99. The van der Waals surface area contributed by atoms with Crippen LogP contribution < -0.4 is 4.74 Å². The molecule has 4 heteroatoms.